The third kappa shape index (κ3) is 3.07. The van der Waals surface area contributed by atoms with Gasteiger partial charge in [-0.05, 0) is 24.1 Å². The lowest BCUT2D eigenvalue weighted by Gasteiger charge is -2.09. The first kappa shape index (κ1) is 12.7. The van der Waals surface area contributed by atoms with E-state index in [4.69, 9.17) is 9.47 Å². The van der Waals surface area contributed by atoms with Gasteiger partial charge in [0.05, 0.1) is 12.7 Å². The predicted molar refractivity (Wildman–Crippen MR) is 63.2 cm³/mol. The van der Waals surface area contributed by atoms with Crippen molar-refractivity contribution in [1.82, 2.24) is 0 Å². The summed E-state index contributed by atoms with van der Waals surface area (Å²) < 4.78 is 10.0. The highest BCUT2D eigenvalue weighted by molar-refractivity contribution is 5.99. The summed E-state index contributed by atoms with van der Waals surface area (Å²) >= 11 is 0. The summed E-state index contributed by atoms with van der Waals surface area (Å²) in [6.45, 7) is 2.20. The van der Waals surface area contributed by atoms with Crippen LogP contribution in [-0.2, 0) is 11.2 Å². The fourth-order valence-electron chi connectivity index (χ4n) is 1.63. The molecule has 1 aromatic rings. The van der Waals surface area contributed by atoms with E-state index in [0.29, 0.717) is 11.3 Å². The Labute approximate surface area is 96.4 Å². The molecule has 0 aliphatic carbocycles. The second-order valence-electron chi connectivity index (χ2n) is 3.64. The number of rotatable bonds is 6. The van der Waals surface area contributed by atoms with E-state index in [-0.39, 0.29) is 12.4 Å². The van der Waals surface area contributed by atoms with Gasteiger partial charge in [-0.1, -0.05) is 19.4 Å². The van der Waals surface area contributed by atoms with E-state index < -0.39 is 0 Å². The Morgan fingerprint density at radius 3 is 2.62 bits per heavy atom. The minimum Gasteiger partial charge on any atom is -0.496 e. The third-order valence-electron chi connectivity index (χ3n) is 2.38. The van der Waals surface area contributed by atoms with E-state index in [1.165, 1.54) is 7.11 Å². The number of hydrogen-bond acceptors (Lipinski definition) is 3. The van der Waals surface area contributed by atoms with Crippen molar-refractivity contribution in [3.05, 3.63) is 29.3 Å². The van der Waals surface area contributed by atoms with Crippen molar-refractivity contribution in [2.75, 3.05) is 20.8 Å². The van der Waals surface area contributed by atoms with Crippen LogP contribution in [0.4, 0.5) is 0 Å². The Bertz CT molecular complexity index is 358. The van der Waals surface area contributed by atoms with Crippen LogP contribution in [0.2, 0.25) is 0 Å². The molecule has 0 spiro atoms. The largest absolute Gasteiger partial charge is 0.496 e. The molecule has 0 unspecified atom stereocenters. The summed E-state index contributed by atoms with van der Waals surface area (Å²) in [5.74, 6) is 0.569. The Kier molecular flexibility index (Phi) is 4.99. The number of aryl methyl sites for hydroxylation is 1. The normalized spacial score (nSPS) is 10.2. The van der Waals surface area contributed by atoms with Gasteiger partial charge in [0.25, 0.3) is 0 Å². The highest BCUT2D eigenvalue weighted by Crippen LogP contribution is 2.21. The molecule has 0 saturated carbocycles. The van der Waals surface area contributed by atoms with Gasteiger partial charge in [0, 0.05) is 7.11 Å². The zero-order valence-corrected chi connectivity index (χ0v) is 10.1. The van der Waals surface area contributed by atoms with Crippen LogP contribution >= 0.6 is 0 Å². The van der Waals surface area contributed by atoms with Gasteiger partial charge in [0.2, 0.25) is 0 Å². The van der Waals surface area contributed by atoms with Crippen LogP contribution in [0, 0.1) is 0 Å². The number of carbonyl (C=O) groups excluding carboxylic acids is 1. The molecule has 0 bridgehead atoms. The van der Waals surface area contributed by atoms with Crippen LogP contribution < -0.4 is 4.74 Å². The molecule has 1 rings (SSSR count). The third-order valence-corrected chi connectivity index (χ3v) is 2.38. The molecule has 0 amide bonds. The summed E-state index contributed by atoms with van der Waals surface area (Å²) in [7, 11) is 3.08. The van der Waals surface area contributed by atoms with E-state index >= 15 is 0 Å². The number of ether oxygens (including phenoxy) is 2. The number of Topliss-reactive ketones (excluding diaryl/α,β-unsaturated/α-hetero) is 1. The van der Waals surface area contributed by atoms with Gasteiger partial charge in [-0.3, -0.25) is 4.79 Å². The smallest absolute Gasteiger partial charge is 0.192 e. The van der Waals surface area contributed by atoms with Crippen LogP contribution in [0.3, 0.4) is 0 Å². The number of ketones is 1. The molecule has 0 fully saturated rings. The van der Waals surface area contributed by atoms with Crippen LogP contribution in [0.1, 0.15) is 29.3 Å². The van der Waals surface area contributed by atoms with E-state index in [2.05, 4.69) is 6.92 Å². The van der Waals surface area contributed by atoms with Crippen molar-refractivity contribution in [3.8, 4) is 5.75 Å². The van der Waals surface area contributed by atoms with Crippen molar-refractivity contribution in [1.29, 1.82) is 0 Å². The molecule has 0 aromatic heterocycles. The highest BCUT2D eigenvalue weighted by Gasteiger charge is 2.12. The first-order valence-corrected chi connectivity index (χ1v) is 5.42. The second kappa shape index (κ2) is 6.28. The molecule has 0 heterocycles. The maximum absolute atomic E-state index is 11.8. The number of hydrogen-bond donors (Lipinski definition) is 0. The molecule has 0 saturated heterocycles. The van der Waals surface area contributed by atoms with Crippen LogP contribution in [0.25, 0.3) is 0 Å². The van der Waals surface area contributed by atoms with Crippen LogP contribution in [0.5, 0.6) is 5.75 Å². The SMILES string of the molecule is CCCc1ccc(OC)c(C(=O)COC)c1. The maximum atomic E-state index is 11.8. The summed E-state index contributed by atoms with van der Waals surface area (Å²) in [5.41, 5.74) is 1.76. The second-order valence-corrected chi connectivity index (χ2v) is 3.64. The van der Waals surface area contributed by atoms with Crippen molar-refractivity contribution >= 4 is 5.78 Å². The molecule has 0 aliphatic heterocycles. The lowest BCUT2D eigenvalue weighted by atomic mass is 10.0. The van der Waals surface area contributed by atoms with Crippen LogP contribution in [0.15, 0.2) is 18.2 Å². The quantitative estimate of drug-likeness (QED) is 0.694. The summed E-state index contributed by atoms with van der Waals surface area (Å²) in [6, 6.07) is 5.73. The predicted octanol–water partition coefficient (Wildman–Crippen LogP) is 2.48. The maximum Gasteiger partial charge on any atom is 0.192 e. The average molecular weight is 222 g/mol. The Balaban J connectivity index is 3.01. The molecule has 88 valence electrons. The van der Waals surface area contributed by atoms with E-state index in [1.54, 1.807) is 7.11 Å². The monoisotopic (exact) mass is 222 g/mol. The Hall–Kier alpha value is -1.35. The van der Waals surface area contributed by atoms with Crippen LogP contribution in [-0.4, -0.2) is 26.6 Å². The van der Waals surface area contributed by atoms with Gasteiger partial charge < -0.3 is 9.47 Å². The minimum absolute atomic E-state index is 0.0442. The molecule has 0 N–H and O–H groups in total. The van der Waals surface area contributed by atoms with Gasteiger partial charge in [0.15, 0.2) is 5.78 Å². The van der Waals surface area contributed by atoms with E-state index in [0.717, 1.165) is 18.4 Å². The van der Waals surface area contributed by atoms with Crippen molar-refractivity contribution in [2.24, 2.45) is 0 Å². The summed E-state index contributed by atoms with van der Waals surface area (Å²) in [4.78, 5) is 11.8. The van der Waals surface area contributed by atoms with Crippen molar-refractivity contribution < 1.29 is 14.3 Å². The standard InChI is InChI=1S/C13H18O3/c1-4-5-10-6-7-13(16-3)11(8-10)12(14)9-15-2/h6-8H,4-5,9H2,1-3H3. The lowest BCUT2D eigenvalue weighted by molar-refractivity contribution is 0.0845. The Morgan fingerprint density at radius 2 is 2.06 bits per heavy atom. The topological polar surface area (TPSA) is 35.5 Å². The molecule has 3 nitrogen and oxygen atoms in total. The number of methoxy groups -OCH3 is 2. The molecule has 16 heavy (non-hydrogen) atoms. The van der Waals surface area contributed by atoms with E-state index in [9.17, 15) is 4.79 Å². The first-order valence-electron chi connectivity index (χ1n) is 5.42. The van der Waals surface area contributed by atoms with Gasteiger partial charge >= 0.3 is 0 Å². The Morgan fingerprint density at radius 1 is 1.31 bits per heavy atom. The summed E-state index contributed by atoms with van der Waals surface area (Å²) in [6.07, 6.45) is 2.03. The molecule has 0 aliphatic rings. The van der Waals surface area contributed by atoms with Gasteiger partial charge in [0.1, 0.15) is 12.4 Å². The van der Waals surface area contributed by atoms with E-state index in [1.807, 2.05) is 18.2 Å². The molecule has 3 heteroatoms. The molecule has 0 atom stereocenters. The fraction of sp³-hybridized carbons (Fsp3) is 0.462. The van der Waals surface area contributed by atoms with Crippen molar-refractivity contribution in [2.45, 2.75) is 19.8 Å². The minimum atomic E-state index is -0.0442. The van der Waals surface area contributed by atoms with Gasteiger partial charge in [-0.2, -0.15) is 0 Å². The number of benzene rings is 1. The molecular weight excluding hydrogens is 204 g/mol. The molecule has 1 aromatic carbocycles. The molecular formula is C13H18O3. The molecule has 0 radical (unpaired) electrons. The zero-order valence-electron chi connectivity index (χ0n) is 10.1. The average Bonchev–Trinajstić information content (AvgIpc) is 2.30. The first-order chi connectivity index (χ1) is 7.72. The van der Waals surface area contributed by atoms with Crippen molar-refractivity contribution in [3.63, 3.8) is 0 Å². The fourth-order valence-corrected chi connectivity index (χ4v) is 1.63. The lowest BCUT2D eigenvalue weighted by Crippen LogP contribution is -2.09. The van der Waals surface area contributed by atoms with Gasteiger partial charge in [-0.15, -0.1) is 0 Å². The number of carbonyl (C=O) groups is 1. The van der Waals surface area contributed by atoms with Gasteiger partial charge in [-0.25, -0.2) is 0 Å². The zero-order chi connectivity index (χ0) is 12.0. The highest BCUT2D eigenvalue weighted by atomic mass is 16.5. The summed E-state index contributed by atoms with van der Waals surface area (Å²) in [5, 5.41) is 0.